The van der Waals surface area contributed by atoms with Crippen LogP contribution in [-0.4, -0.2) is 36.0 Å². The van der Waals surface area contributed by atoms with Gasteiger partial charge in [-0.25, -0.2) is 0 Å². The molecule has 1 aliphatic rings. The van der Waals surface area contributed by atoms with Crippen molar-refractivity contribution in [2.24, 2.45) is 0 Å². The highest BCUT2D eigenvalue weighted by molar-refractivity contribution is 6.51. The third kappa shape index (κ3) is 3.90. The Balaban J connectivity index is 1.96. The van der Waals surface area contributed by atoms with Crippen LogP contribution in [0.3, 0.4) is 0 Å². The van der Waals surface area contributed by atoms with Crippen molar-refractivity contribution in [3.8, 4) is 11.5 Å². The van der Waals surface area contributed by atoms with Gasteiger partial charge >= 0.3 is 0 Å². The number of rotatable bonds is 6. The monoisotopic (exact) mass is 458 g/mol. The molecule has 1 fully saturated rings. The van der Waals surface area contributed by atoms with Crippen molar-refractivity contribution in [3.63, 3.8) is 0 Å². The first kappa shape index (κ1) is 23.0. The van der Waals surface area contributed by atoms with Crippen LogP contribution in [0.1, 0.15) is 42.6 Å². The molecule has 4 rings (SSSR count). The van der Waals surface area contributed by atoms with E-state index >= 15 is 0 Å². The van der Waals surface area contributed by atoms with E-state index in [1.54, 1.807) is 54.7 Å². The standard InChI is InChI=1S/C27H26N2O5/c1-16(2)17-11-13-18(14-12-17)29-24(19-8-5-6-15-28-19)23(26(31)27(29)32)25(30)22-20(33-3)9-7-10-21(22)34-4/h5-16,24,30H,1-4H3/b25-23+. The fourth-order valence-electron chi connectivity index (χ4n) is 4.16. The molecule has 0 saturated carbocycles. The lowest BCUT2D eigenvalue weighted by molar-refractivity contribution is -0.132. The lowest BCUT2D eigenvalue weighted by Crippen LogP contribution is -2.29. The second kappa shape index (κ2) is 9.39. The van der Waals surface area contributed by atoms with E-state index < -0.39 is 17.7 Å². The highest BCUT2D eigenvalue weighted by atomic mass is 16.5. The zero-order valence-electron chi connectivity index (χ0n) is 19.5. The number of pyridine rings is 1. The summed E-state index contributed by atoms with van der Waals surface area (Å²) in [6.45, 7) is 4.16. The topological polar surface area (TPSA) is 89.0 Å². The van der Waals surface area contributed by atoms with Gasteiger partial charge in [0.25, 0.3) is 11.7 Å². The second-order valence-electron chi connectivity index (χ2n) is 8.21. The Morgan fingerprint density at radius 1 is 0.941 bits per heavy atom. The van der Waals surface area contributed by atoms with E-state index in [-0.39, 0.29) is 16.9 Å². The van der Waals surface area contributed by atoms with Gasteiger partial charge in [0.1, 0.15) is 28.9 Å². The Kier molecular flexibility index (Phi) is 6.36. The smallest absolute Gasteiger partial charge is 0.300 e. The molecule has 174 valence electrons. The largest absolute Gasteiger partial charge is 0.506 e. The number of amides is 1. The van der Waals surface area contributed by atoms with E-state index in [0.29, 0.717) is 28.8 Å². The molecule has 2 heterocycles. The number of anilines is 1. The molecule has 1 atom stereocenters. The van der Waals surface area contributed by atoms with E-state index in [2.05, 4.69) is 18.8 Å². The fraction of sp³-hybridized carbons (Fsp3) is 0.222. The Morgan fingerprint density at radius 2 is 1.59 bits per heavy atom. The maximum atomic E-state index is 13.3. The van der Waals surface area contributed by atoms with Crippen LogP contribution in [0.25, 0.3) is 5.76 Å². The molecule has 0 radical (unpaired) electrons. The van der Waals surface area contributed by atoms with Gasteiger partial charge in [-0.1, -0.05) is 38.1 Å². The highest BCUT2D eigenvalue weighted by Crippen LogP contribution is 2.44. The Hall–Kier alpha value is -4.13. The molecule has 1 saturated heterocycles. The quantitative estimate of drug-likeness (QED) is 0.323. The summed E-state index contributed by atoms with van der Waals surface area (Å²) in [5.74, 6) is -1.01. The van der Waals surface area contributed by atoms with Crippen LogP contribution in [0, 0.1) is 0 Å². The summed E-state index contributed by atoms with van der Waals surface area (Å²) < 4.78 is 10.8. The number of aliphatic hydroxyl groups is 1. The summed E-state index contributed by atoms with van der Waals surface area (Å²) in [6, 6.07) is 16.8. The van der Waals surface area contributed by atoms with Gasteiger partial charge in [0.05, 0.1) is 25.5 Å². The molecule has 1 aliphatic heterocycles. The van der Waals surface area contributed by atoms with E-state index in [4.69, 9.17) is 9.47 Å². The van der Waals surface area contributed by atoms with Crippen molar-refractivity contribution in [1.82, 2.24) is 4.98 Å². The van der Waals surface area contributed by atoms with E-state index in [1.807, 2.05) is 12.1 Å². The minimum absolute atomic E-state index is 0.0839. The van der Waals surface area contributed by atoms with Gasteiger partial charge in [0.2, 0.25) is 0 Å². The molecular weight excluding hydrogens is 432 g/mol. The van der Waals surface area contributed by atoms with Crippen LogP contribution in [-0.2, 0) is 9.59 Å². The predicted molar refractivity (Wildman–Crippen MR) is 129 cm³/mol. The summed E-state index contributed by atoms with van der Waals surface area (Å²) in [4.78, 5) is 32.4. The minimum Gasteiger partial charge on any atom is -0.506 e. The van der Waals surface area contributed by atoms with Gasteiger partial charge in [-0.3, -0.25) is 19.5 Å². The van der Waals surface area contributed by atoms with Gasteiger partial charge in [-0.05, 0) is 47.9 Å². The number of hydrogen-bond acceptors (Lipinski definition) is 6. The number of aliphatic hydroxyl groups excluding tert-OH is 1. The van der Waals surface area contributed by atoms with Gasteiger partial charge < -0.3 is 14.6 Å². The summed E-state index contributed by atoms with van der Waals surface area (Å²) in [6.07, 6.45) is 1.58. The molecule has 1 aromatic heterocycles. The van der Waals surface area contributed by atoms with Gasteiger partial charge in [-0.2, -0.15) is 0 Å². The summed E-state index contributed by atoms with van der Waals surface area (Å²) >= 11 is 0. The van der Waals surface area contributed by atoms with Crippen LogP contribution in [0.4, 0.5) is 5.69 Å². The average Bonchev–Trinajstić information content (AvgIpc) is 3.13. The van der Waals surface area contributed by atoms with Crippen LogP contribution in [0.15, 0.2) is 72.4 Å². The SMILES string of the molecule is COc1cccc(OC)c1/C(O)=C1\C(=O)C(=O)N(c2ccc(C(C)C)cc2)C1c1ccccn1. The molecule has 0 aliphatic carbocycles. The molecule has 1 unspecified atom stereocenters. The van der Waals surface area contributed by atoms with Gasteiger partial charge in [-0.15, -0.1) is 0 Å². The van der Waals surface area contributed by atoms with E-state index in [1.165, 1.54) is 19.1 Å². The van der Waals surface area contributed by atoms with Crippen molar-refractivity contribution < 1.29 is 24.2 Å². The maximum absolute atomic E-state index is 13.3. The summed E-state index contributed by atoms with van der Waals surface area (Å²) in [7, 11) is 2.91. The van der Waals surface area contributed by atoms with Crippen molar-refractivity contribution >= 4 is 23.1 Å². The molecule has 34 heavy (non-hydrogen) atoms. The van der Waals surface area contributed by atoms with Crippen molar-refractivity contribution in [2.45, 2.75) is 25.8 Å². The number of carbonyl (C=O) groups is 2. The Bertz CT molecular complexity index is 1230. The Morgan fingerprint density at radius 3 is 2.12 bits per heavy atom. The lowest BCUT2D eigenvalue weighted by atomic mass is 9.97. The lowest BCUT2D eigenvalue weighted by Gasteiger charge is -2.25. The molecule has 0 spiro atoms. The average molecular weight is 459 g/mol. The third-order valence-electron chi connectivity index (χ3n) is 5.91. The van der Waals surface area contributed by atoms with Gasteiger partial charge in [0.15, 0.2) is 0 Å². The first-order valence-electron chi connectivity index (χ1n) is 10.9. The van der Waals surface area contributed by atoms with Crippen molar-refractivity contribution in [1.29, 1.82) is 0 Å². The summed E-state index contributed by atoms with van der Waals surface area (Å²) in [5.41, 5.74) is 2.20. The van der Waals surface area contributed by atoms with Crippen molar-refractivity contribution in [3.05, 3.63) is 89.3 Å². The fourth-order valence-corrected chi connectivity index (χ4v) is 4.16. The number of ether oxygens (including phenoxy) is 2. The first-order valence-corrected chi connectivity index (χ1v) is 10.9. The maximum Gasteiger partial charge on any atom is 0.300 e. The molecular formula is C27H26N2O5. The molecule has 1 N–H and O–H groups in total. The zero-order chi connectivity index (χ0) is 24.4. The normalized spacial score (nSPS) is 17.3. The predicted octanol–water partition coefficient (Wildman–Crippen LogP) is 4.85. The number of benzene rings is 2. The molecule has 2 aromatic carbocycles. The molecule has 0 bridgehead atoms. The first-order chi connectivity index (χ1) is 16.4. The summed E-state index contributed by atoms with van der Waals surface area (Å²) in [5, 5.41) is 11.4. The van der Waals surface area contributed by atoms with Crippen LogP contribution in [0.5, 0.6) is 11.5 Å². The molecule has 1 amide bonds. The molecule has 3 aromatic rings. The highest BCUT2D eigenvalue weighted by Gasteiger charge is 2.48. The number of aromatic nitrogens is 1. The van der Waals surface area contributed by atoms with Crippen LogP contribution in [0.2, 0.25) is 0 Å². The van der Waals surface area contributed by atoms with Crippen molar-refractivity contribution in [2.75, 3.05) is 19.1 Å². The number of hydrogen-bond donors (Lipinski definition) is 1. The third-order valence-corrected chi connectivity index (χ3v) is 5.91. The number of nitrogens with zero attached hydrogens (tertiary/aromatic N) is 2. The second-order valence-corrected chi connectivity index (χ2v) is 8.21. The number of Topliss-reactive ketones (excluding diaryl/α,β-unsaturated/α-hetero) is 1. The van der Waals surface area contributed by atoms with Crippen LogP contribution < -0.4 is 14.4 Å². The Labute approximate surface area is 198 Å². The van der Waals surface area contributed by atoms with E-state index in [9.17, 15) is 14.7 Å². The number of ketones is 1. The zero-order valence-corrected chi connectivity index (χ0v) is 19.5. The van der Waals surface area contributed by atoms with Gasteiger partial charge in [0, 0.05) is 11.9 Å². The molecule has 7 nitrogen and oxygen atoms in total. The van der Waals surface area contributed by atoms with E-state index in [0.717, 1.165) is 5.56 Å². The number of methoxy groups -OCH3 is 2. The van der Waals surface area contributed by atoms with Crippen LogP contribution >= 0.6 is 0 Å². The minimum atomic E-state index is -0.930. The number of carbonyl (C=O) groups excluding carboxylic acids is 2. The molecule has 7 heteroatoms.